The van der Waals surface area contributed by atoms with E-state index < -0.39 is 0 Å². The van der Waals surface area contributed by atoms with Gasteiger partial charge in [-0.15, -0.1) is 11.6 Å². The van der Waals surface area contributed by atoms with Gasteiger partial charge in [-0.25, -0.2) is 0 Å². The number of hydrogen-bond acceptors (Lipinski definition) is 1. The Kier molecular flexibility index (Phi) is 4.15. The van der Waals surface area contributed by atoms with E-state index in [1.165, 1.54) is 11.1 Å². The lowest BCUT2D eigenvalue weighted by molar-refractivity contribution is 0.477. The average molecular weight is 281 g/mol. The molecule has 0 spiro atoms. The van der Waals surface area contributed by atoms with Crippen LogP contribution >= 0.6 is 23.2 Å². The van der Waals surface area contributed by atoms with Crippen molar-refractivity contribution in [1.29, 1.82) is 0 Å². The molecule has 3 heteroatoms. The van der Waals surface area contributed by atoms with Crippen molar-refractivity contribution in [3.05, 3.63) is 58.1 Å². The third-order valence-corrected chi connectivity index (χ3v) is 3.25. The van der Waals surface area contributed by atoms with Crippen LogP contribution in [0.3, 0.4) is 0 Å². The van der Waals surface area contributed by atoms with Gasteiger partial charge < -0.3 is 4.74 Å². The van der Waals surface area contributed by atoms with E-state index in [4.69, 9.17) is 27.9 Å². The molecule has 0 aliphatic carbocycles. The fourth-order valence-corrected chi connectivity index (χ4v) is 2.46. The van der Waals surface area contributed by atoms with E-state index in [9.17, 15) is 0 Å². The van der Waals surface area contributed by atoms with Crippen LogP contribution in [0.4, 0.5) is 0 Å². The summed E-state index contributed by atoms with van der Waals surface area (Å²) in [6.45, 7) is 4.08. The Morgan fingerprint density at radius 2 is 1.72 bits per heavy atom. The SMILES string of the molecule is Cc1cc(C)cc(Oc2cccc(Cl)c2CCl)c1. The number of hydrogen-bond donors (Lipinski definition) is 0. The van der Waals surface area contributed by atoms with Crippen LogP contribution in [0.1, 0.15) is 16.7 Å². The summed E-state index contributed by atoms with van der Waals surface area (Å²) in [5, 5.41) is 0.631. The Morgan fingerprint density at radius 3 is 2.33 bits per heavy atom. The molecule has 0 heterocycles. The van der Waals surface area contributed by atoms with E-state index in [1.807, 2.05) is 44.2 Å². The Hall–Kier alpha value is -1.18. The quantitative estimate of drug-likeness (QED) is 0.676. The highest BCUT2D eigenvalue weighted by molar-refractivity contribution is 6.32. The average Bonchev–Trinajstić information content (AvgIpc) is 2.27. The van der Waals surface area contributed by atoms with Crippen LogP contribution in [-0.2, 0) is 5.88 Å². The molecule has 1 nitrogen and oxygen atoms in total. The fourth-order valence-electron chi connectivity index (χ4n) is 1.88. The van der Waals surface area contributed by atoms with Crippen LogP contribution in [0.15, 0.2) is 36.4 Å². The van der Waals surface area contributed by atoms with Crippen LogP contribution in [0.5, 0.6) is 11.5 Å². The van der Waals surface area contributed by atoms with Crippen molar-refractivity contribution < 1.29 is 4.74 Å². The maximum absolute atomic E-state index is 6.09. The molecule has 0 radical (unpaired) electrons. The molecule has 0 unspecified atom stereocenters. The van der Waals surface area contributed by atoms with Gasteiger partial charge in [0.25, 0.3) is 0 Å². The molecule has 2 rings (SSSR count). The lowest BCUT2D eigenvalue weighted by Crippen LogP contribution is -1.91. The second kappa shape index (κ2) is 5.64. The van der Waals surface area contributed by atoms with Gasteiger partial charge >= 0.3 is 0 Å². The minimum Gasteiger partial charge on any atom is -0.457 e. The number of benzene rings is 2. The van der Waals surface area contributed by atoms with Crippen molar-refractivity contribution in [2.24, 2.45) is 0 Å². The highest BCUT2D eigenvalue weighted by Gasteiger charge is 2.08. The van der Waals surface area contributed by atoms with Crippen LogP contribution in [-0.4, -0.2) is 0 Å². The van der Waals surface area contributed by atoms with Gasteiger partial charge in [0, 0.05) is 10.6 Å². The molecule has 94 valence electrons. The van der Waals surface area contributed by atoms with Gasteiger partial charge in [0.2, 0.25) is 0 Å². The van der Waals surface area contributed by atoms with Crippen molar-refractivity contribution in [3.63, 3.8) is 0 Å². The highest BCUT2D eigenvalue weighted by atomic mass is 35.5. The number of ether oxygens (including phenoxy) is 1. The monoisotopic (exact) mass is 280 g/mol. The third kappa shape index (κ3) is 2.98. The zero-order valence-corrected chi connectivity index (χ0v) is 11.8. The molecule has 0 N–H and O–H groups in total. The highest BCUT2D eigenvalue weighted by Crippen LogP contribution is 2.32. The van der Waals surface area contributed by atoms with Gasteiger partial charge in [0.15, 0.2) is 0 Å². The predicted molar refractivity (Wildman–Crippen MR) is 77.0 cm³/mol. The first-order chi connectivity index (χ1) is 8.60. The molecule has 18 heavy (non-hydrogen) atoms. The summed E-state index contributed by atoms with van der Waals surface area (Å²) in [6.07, 6.45) is 0. The van der Waals surface area contributed by atoms with E-state index >= 15 is 0 Å². The van der Waals surface area contributed by atoms with Crippen LogP contribution < -0.4 is 4.74 Å². The number of halogens is 2. The predicted octanol–water partition coefficient (Wildman–Crippen LogP) is 5.49. The zero-order valence-electron chi connectivity index (χ0n) is 10.3. The molecular formula is C15H14Cl2O. The Morgan fingerprint density at radius 1 is 1.06 bits per heavy atom. The van der Waals surface area contributed by atoms with E-state index in [-0.39, 0.29) is 0 Å². The molecule has 0 saturated heterocycles. The number of aryl methyl sites for hydroxylation is 2. The summed E-state index contributed by atoms with van der Waals surface area (Å²) < 4.78 is 5.87. The molecular weight excluding hydrogens is 267 g/mol. The molecule has 0 atom stereocenters. The molecule has 0 amide bonds. The third-order valence-electron chi connectivity index (χ3n) is 2.63. The first-order valence-corrected chi connectivity index (χ1v) is 6.61. The summed E-state index contributed by atoms with van der Waals surface area (Å²) in [5.41, 5.74) is 3.15. The van der Waals surface area contributed by atoms with E-state index in [1.54, 1.807) is 0 Å². The first-order valence-electron chi connectivity index (χ1n) is 5.69. The van der Waals surface area contributed by atoms with E-state index in [0.717, 1.165) is 11.3 Å². The maximum Gasteiger partial charge on any atom is 0.133 e. The van der Waals surface area contributed by atoms with Gasteiger partial charge in [0.05, 0.1) is 5.88 Å². The van der Waals surface area contributed by atoms with Crippen molar-refractivity contribution in [1.82, 2.24) is 0 Å². The van der Waals surface area contributed by atoms with Gasteiger partial charge in [-0.2, -0.15) is 0 Å². The molecule has 0 fully saturated rings. The molecule has 0 aliphatic heterocycles. The van der Waals surface area contributed by atoms with E-state index in [2.05, 4.69) is 6.07 Å². The number of alkyl halides is 1. The van der Waals surface area contributed by atoms with Crippen molar-refractivity contribution in [2.75, 3.05) is 0 Å². The van der Waals surface area contributed by atoms with Crippen LogP contribution in [0, 0.1) is 13.8 Å². The minimum absolute atomic E-state index is 0.333. The summed E-state index contributed by atoms with van der Waals surface area (Å²) >= 11 is 12.0. The van der Waals surface area contributed by atoms with Crippen LogP contribution in [0.2, 0.25) is 5.02 Å². The smallest absolute Gasteiger partial charge is 0.133 e. The Balaban J connectivity index is 2.36. The fraction of sp³-hybridized carbons (Fsp3) is 0.200. The zero-order chi connectivity index (χ0) is 13.1. The van der Waals surface area contributed by atoms with Crippen LogP contribution in [0.25, 0.3) is 0 Å². The topological polar surface area (TPSA) is 9.23 Å². The standard InChI is InChI=1S/C15H14Cl2O/c1-10-6-11(2)8-12(7-10)18-15-5-3-4-14(17)13(15)9-16/h3-8H,9H2,1-2H3. The maximum atomic E-state index is 6.09. The van der Waals surface area contributed by atoms with Gasteiger partial charge in [-0.3, -0.25) is 0 Å². The van der Waals surface area contributed by atoms with Gasteiger partial charge in [-0.1, -0.05) is 23.7 Å². The normalized spacial score (nSPS) is 10.4. The molecule has 2 aromatic rings. The Bertz CT molecular complexity index is 544. The molecule has 0 bridgehead atoms. The molecule has 0 saturated carbocycles. The van der Waals surface area contributed by atoms with Crippen molar-refractivity contribution in [3.8, 4) is 11.5 Å². The lowest BCUT2D eigenvalue weighted by atomic mass is 10.1. The molecule has 0 aromatic heterocycles. The number of rotatable bonds is 3. The summed E-state index contributed by atoms with van der Waals surface area (Å²) in [6, 6.07) is 11.6. The second-order valence-electron chi connectivity index (χ2n) is 4.28. The summed E-state index contributed by atoms with van der Waals surface area (Å²) in [4.78, 5) is 0. The van der Waals surface area contributed by atoms with Gasteiger partial charge in [-0.05, 0) is 49.2 Å². The Labute approximate surface area is 117 Å². The minimum atomic E-state index is 0.333. The summed E-state index contributed by atoms with van der Waals surface area (Å²) in [7, 11) is 0. The lowest BCUT2D eigenvalue weighted by Gasteiger charge is -2.12. The second-order valence-corrected chi connectivity index (χ2v) is 4.95. The first kappa shape index (κ1) is 13.3. The largest absolute Gasteiger partial charge is 0.457 e. The summed E-state index contributed by atoms with van der Waals surface area (Å²) in [5.74, 6) is 1.85. The molecule has 0 aliphatic rings. The van der Waals surface area contributed by atoms with Gasteiger partial charge in [0.1, 0.15) is 11.5 Å². The van der Waals surface area contributed by atoms with Crippen molar-refractivity contribution in [2.45, 2.75) is 19.7 Å². The van der Waals surface area contributed by atoms with E-state index in [0.29, 0.717) is 16.7 Å². The molecule has 2 aromatic carbocycles. The van der Waals surface area contributed by atoms with Crippen molar-refractivity contribution >= 4 is 23.2 Å².